The molecule has 0 aromatic heterocycles. The van der Waals surface area contributed by atoms with Gasteiger partial charge in [-0.15, -0.1) is 0 Å². The Labute approximate surface area is 189 Å². The lowest BCUT2D eigenvalue weighted by Gasteiger charge is -2.37. The molecular formula is C27H28N2O3. The summed E-state index contributed by atoms with van der Waals surface area (Å²) in [5.41, 5.74) is 3.64. The summed E-state index contributed by atoms with van der Waals surface area (Å²) >= 11 is 0. The van der Waals surface area contributed by atoms with Crippen molar-refractivity contribution in [1.29, 1.82) is 0 Å². The molecule has 0 aliphatic carbocycles. The number of carbonyl (C=O) groups is 2. The monoisotopic (exact) mass is 428 g/mol. The van der Waals surface area contributed by atoms with Crippen LogP contribution < -0.4 is 9.64 Å². The van der Waals surface area contributed by atoms with Gasteiger partial charge in [-0.2, -0.15) is 0 Å². The lowest BCUT2D eigenvalue weighted by atomic mass is 9.97. The maximum Gasteiger partial charge on any atom is 0.254 e. The number of ketones is 1. The summed E-state index contributed by atoms with van der Waals surface area (Å²) in [5, 5.41) is 0. The molecule has 3 aromatic carbocycles. The number of rotatable bonds is 6. The number of ether oxygens (including phenoxy) is 1. The number of aryl methyl sites for hydroxylation is 1. The van der Waals surface area contributed by atoms with Crippen LogP contribution in [0.5, 0.6) is 5.75 Å². The Morgan fingerprint density at radius 3 is 2.12 bits per heavy atom. The van der Waals surface area contributed by atoms with E-state index in [1.807, 2.05) is 67.3 Å². The van der Waals surface area contributed by atoms with Crippen molar-refractivity contribution < 1.29 is 14.3 Å². The molecule has 0 atom stereocenters. The average Bonchev–Trinajstić information content (AvgIpc) is 2.84. The highest BCUT2D eigenvalue weighted by Gasteiger charge is 2.26. The number of anilines is 1. The van der Waals surface area contributed by atoms with E-state index in [-0.39, 0.29) is 11.7 Å². The Bertz CT molecular complexity index is 1100. The third kappa shape index (κ3) is 4.52. The molecule has 1 heterocycles. The standard InChI is InChI=1S/C27H28N2O3/c1-3-32-25-11-7-6-10-24(25)28-16-18-29(19-17-28)27(31)23-9-5-4-8-22(23)26(30)21-14-12-20(2)13-15-21/h4-15H,3,16-19H2,1-2H3. The second-order valence-electron chi connectivity index (χ2n) is 7.92. The van der Waals surface area contributed by atoms with Crippen LogP contribution in [0.3, 0.4) is 0 Å². The molecule has 5 nitrogen and oxygen atoms in total. The van der Waals surface area contributed by atoms with Crippen molar-refractivity contribution >= 4 is 17.4 Å². The second-order valence-corrected chi connectivity index (χ2v) is 7.92. The molecule has 32 heavy (non-hydrogen) atoms. The highest BCUT2D eigenvalue weighted by atomic mass is 16.5. The van der Waals surface area contributed by atoms with Crippen molar-refractivity contribution in [1.82, 2.24) is 4.90 Å². The zero-order valence-corrected chi connectivity index (χ0v) is 18.6. The number of benzene rings is 3. The first-order chi connectivity index (χ1) is 15.6. The van der Waals surface area contributed by atoms with Gasteiger partial charge in [0.1, 0.15) is 5.75 Å². The smallest absolute Gasteiger partial charge is 0.254 e. The van der Waals surface area contributed by atoms with E-state index in [1.165, 1.54) is 0 Å². The molecule has 0 bridgehead atoms. The molecule has 164 valence electrons. The van der Waals surface area contributed by atoms with Crippen LogP contribution in [0.15, 0.2) is 72.8 Å². The van der Waals surface area contributed by atoms with Gasteiger partial charge < -0.3 is 14.5 Å². The minimum Gasteiger partial charge on any atom is -0.492 e. The Morgan fingerprint density at radius 1 is 0.812 bits per heavy atom. The van der Waals surface area contributed by atoms with Crippen LogP contribution >= 0.6 is 0 Å². The quantitative estimate of drug-likeness (QED) is 0.539. The molecule has 3 aromatic rings. The summed E-state index contributed by atoms with van der Waals surface area (Å²) in [4.78, 5) is 30.5. The van der Waals surface area contributed by atoms with E-state index in [0.29, 0.717) is 49.5 Å². The SMILES string of the molecule is CCOc1ccccc1N1CCN(C(=O)c2ccccc2C(=O)c2ccc(C)cc2)CC1. The van der Waals surface area contributed by atoms with Gasteiger partial charge in [0.2, 0.25) is 0 Å². The van der Waals surface area contributed by atoms with Crippen LogP contribution in [0.2, 0.25) is 0 Å². The van der Waals surface area contributed by atoms with Crippen LogP contribution in [-0.2, 0) is 0 Å². The molecule has 1 aliphatic heterocycles. The number of piperazine rings is 1. The van der Waals surface area contributed by atoms with E-state index in [1.54, 1.807) is 18.2 Å². The molecule has 5 heteroatoms. The van der Waals surface area contributed by atoms with Gasteiger partial charge in [-0.1, -0.05) is 60.2 Å². The third-order valence-electron chi connectivity index (χ3n) is 5.79. The van der Waals surface area contributed by atoms with Gasteiger partial charge >= 0.3 is 0 Å². The number of nitrogens with zero attached hydrogens (tertiary/aromatic N) is 2. The lowest BCUT2D eigenvalue weighted by Crippen LogP contribution is -2.49. The summed E-state index contributed by atoms with van der Waals surface area (Å²) in [6.07, 6.45) is 0. The van der Waals surface area contributed by atoms with Crippen molar-refractivity contribution in [2.45, 2.75) is 13.8 Å². The Morgan fingerprint density at radius 2 is 1.44 bits per heavy atom. The molecule has 0 spiro atoms. The van der Waals surface area contributed by atoms with E-state index in [4.69, 9.17) is 4.74 Å². The number of hydrogen-bond donors (Lipinski definition) is 0. The first-order valence-corrected chi connectivity index (χ1v) is 11.0. The van der Waals surface area contributed by atoms with Crippen molar-refractivity contribution in [2.24, 2.45) is 0 Å². The number of para-hydroxylation sites is 2. The largest absolute Gasteiger partial charge is 0.492 e. The van der Waals surface area contributed by atoms with Gasteiger partial charge in [0.15, 0.2) is 5.78 Å². The predicted molar refractivity (Wildman–Crippen MR) is 127 cm³/mol. The molecular weight excluding hydrogens is 400 g/mol. The van der Waals surface area contributed by atoms with Crippen LogP contribution in [0, 0.1) is 6.92 Å². The number of carbonyl (C=O) groups excluding carboxylic acids is 2. The van der Waals surface area contributed by atoms with Gasteiger partial charge in [-0.25, -0.2) is 0 Å². The molecule has 0 radical (unpaired) electrons. The Hall–Kier alpha value is -3.60. The predicted octanol–water partition coefficient (Wildman–Crippen LogP) is 4.59. The van der Waals surface area contributed by atoms with Gasteiger partial charge in [0, 0.05) is 37.3 Å². The van der Waals surface area contributed by atoms with Gasteiger partial charge in [-0.05, 0) is 32.0 Å². The molecule has 1 fully saturated rings. The van der Waals surface area contributed by atoms with E-state index >= 15 is 0 Å². The van der Waals surface area contributed by atoms with Crippen LogP contribution in [0.1, 0.15) is 38.8 Å². The summed E-state index contributed by atoms with van der Waals surface area (Å²) < 4.78 is 5.77. The zero-order chi connectivity index (χ0) is 22.5. The van der Waals surface area contributed by atoms with E-state index in [2.05, 4.69) is 11.0 Å². The zero-order valence-electron chi connectivity index (χ0n) is 18.6. The first-order valence-electron chi connectivity index (χ1n) is 11.0. The van der Waals surface area contributed by atoms with Gasteiger partial charge in [0.05, 0.1) is 17.9 Å². The fraction of sp³-hybridized carbons (Fsp3) is 0.259. The summed E-state index contributed by atoms with van der Waals surface area (Å²) in [7, 11) is 0. The van der Waals surface area contributed by atoms with Crippen molar-refractivity contribution in [3.8, 4) is 5.75 Å². The van der Waals surface area contributed by atoms with Crippen molar-refractivity contribution in [2.75, 3.05) is 37.7 Å². The van der Waals surface area contributed by atoms with Crippen LogP contribution in [0.4, 0.5) is 5.69 Å². The second kappa shape index (κ2) is 9.69. The van der Waals surface area contributed by atoms with Crippen molar-refractivity contribution in [3.63, 3.8) is 0 Å². The Balaban J connectivity index is 1.50. The number of hydrogen-bond acceptors (Lipinski definition) is 4. The average molecular weight is 429 g/mol. The van der Waals surface area contributed by atoms with Crippen LogP contribution in [0.25, 0.3) is 0 Å². The van der Waals surface area contributed by atoms with Gasteiger partial charge in [0.25, 0.3) is 5.91 Å². The number of amides is 1. The normalized spacial score (nSPS) is 13.7. The van der Waals surface area contributed by atoms with Gasteiger partial charge in [-0.3, -0.25) is 9.59 Å². The molecule has 0 unspecified atom stereocenters. The summed E-state index contributed by atoms with van der Waals surface area (Å²) in [6.45, 7) is 7.18. The molecule has 1 aliphatic rings. The van der Waals surface area contributed by atoms with E-state index in [0.717, 1.165) is 17.0 Å². The minimum absolute atomic E-state index is 0.0983. The lowest BCUT2D eigenvalue weighted by molar-refractivity contribution is 0.0742. The van der Waals surface area contributed by atoms with Crippen LogP contribution in [-0.4, -0.2) is 49.4 Å². The van der Waals surface area contributed by atoms with E-state index < -0.39 is 0 Å². The van der Waals surface area contributed by atoms with Crippen molar-refractivity contribution in [3.05, 3.63) is 95.1 Å². The maximum atomic E-state index is 13.4. The Kier molecular flexibility index (Phi) is 6.55. The molecule has 4 rings (SSSR count). The summed E-state index contributed by atoms with van der Waals surface area (Å²) in [5.74, 6) is 0.640. The molecule has 1 amide bonds. The molecule has 0 saturated carbocycles. The fourth-order valence-electron chi connectivity index (χ4n) is 4.04. The highest BCUT2D eigenvalue weighted by molar-refractivity contribution is 6.15. The third-order valence-corrected chi connectivity index (χ3v) is 5.79. The first kappa shape index (κ1) is 21.6. The summed E-state index contributed by atoms with van der Waals surface area (Å²) in [6, 6.07) is 22.6. The maximum absolute atomic E-state index is 13.4. The topological polar surface area (TPSA) is 49.9 Å². The fourth-order valence-corrected chi connectivity index (χ4v) is 4.04. The minimum atomic E-state index is -0.127. The molecule has 1 saturated heterocycles. The molecule has 0 N–H and O–H groups in total. The highest BCUT2D eigenvalue weighted by Crippen LogP contribution is 2.29. The van der Waals surface area contributed by atoms with E-state index in [9.17, 15) is 9.59 Å².